The Hall–Kier alpha value is -2.76. The molecule has 1 saturated carbocycles. The Morgan fingerprint density at radius 3 is 2.82 bits per heavy atom. The van der Waals surface area contributed by atoms with Gasteiger partial charge in [-0.15, -0.1) is 5.10 Å². The standard InChI is InChI=1S/C22H25N5O/c1-15-21(22(28)26-13-5-9-20(26)16-6-2-3-7-16)24-25-27(15)18-10-11-19-17(14-18)8-4-12-23-19/h4,8,10-12,14,16,20H,2-3,5-7,9,13H2,1H3/t20-/m1/s1. The summed E-state index contributed by atoms with van der Waals surface area (Å²) in [5, 5.41) is 9.64. The van der Waals surface area contributed by atoms with Crippen molar-refractivity contribution in [2.75, 3.05) is 6.54 Å². The van der Waals surface area contributed by atoms with Gasteiger partial charge in [-0.1, -0.05) is 24.1 Å². The Labute approximate surface area is 164 Å². The number of benzene rings is 1. The van der Waals surface area contributed by atoms with Gasteiger partial charge >= 0.3 is 0 Å². The van der Waals surface area contributed by atoms with E-state index in [1.165, 1.54) is 25.7 Å². The van der Waals surface area contributed by atoms with Crippen LogP contribution in [0.5, 0.6) is 0 Å². The number of hydrogen-bond donors (Lipinski definition) is 0. The second kappa shape index (κ2) is 7.00. The fourth-order valence-corrected chi connectivity index (χ4v) is 4.98. The van der Waals surface area contributed by atoms with Gasteiger partial charge in [0.15, 0.2) is 5.69 Å². The summed E-state index contributed by atoms with van der Waals surface area (Å²) in [4.78, 5) is 19.7. The average molecular weight is 375 g/mol. The zero-order valence-electron chi connectivity index (χ0n) is 16.2. The summed E-state index contributed by atoms with van der Waals surface area (Å²) in [7, 11) is 0. The van der Waals surface area contributed by atoms with Crippen LogP contribution in [0.15, 0.2) is 36.5 Å². The molecule has 0 unspecified atom stereocenters. The van der Waals surface area contributed by atoms with E-state index in [9.17, 15) is 4.79 Å². The van der Waals surface area contributed by atoms with Crippen LogP contribution in [0.4, 0.5) is 0 Å². The number of rotatable bonds is 3. The molecular formula is C22H25N5O. The topological polar surface area (TPSA) is 63.9 Å². The van der Waals surface area contributed by atoms with Crippen molar-refractivity contribution in [1.29, 1.82) is 0 Å². The molecule has 2 aliphatic rings. The zero-order chi connectivity index (χ0) is 19.1. The Balaban J connectivity index is 1.45. The number of amides is 1. The van der Waals surface area contributed by atoms with Crippen molar-refractivity contribution in [1.82, 2.24) is 24.9 Å². The van der Waals surface area contributed by atoms with Gasteiger partial charge in [-0.25, -0.2) is 4.68 Å². The molecule has 2 aromatic heterocycles. The van der Waals surface area contributed by atoms with Gasteiger partial charge in [0.05, 0.1) is 16.9 Å². The van der Waals surface area contributed by atoms with Crippen molar-refractivity contribution in [2.45, 2.75) is 51.5 Å². The van der Waals surface area contributed by atoms with Crippen LogP contribution in [0.3, 0.4) is 0 Å². The van der Waals surface area contributed by atoms with Crippen molar-refractivity contribution < 1.29 is 4.79 Å². The molecule has 6 heteroatoms. The van der Waals surface area contributed by atoms with E-state index in [4.69, 9.17) is 0 Å². The molecule has 5 rings (SSSR count). The highest BCUT2D eigenvalue weighted by molar-refractivity contribution is 5.94. The molecule has 3 heterocycles. The molecule has 1 aliphatic carbocycles. The molecule has 1 amide bonds. The van der Waals surface area contributed by atoms with Crippen LogP contribution < -0.4 is 0 Å². The molecule has 1 aliphatic heterocycles. The SMILES string of the molecule is Cc1c(C(=O)N2CCC[C@@H]2C2CCCC2)nnn1-c1ccc2ncccc2c1. The maximum atomic E-state index is 13.3. The first-order valence-electron chi connectivity index (χ1n) is 10.3. The van der Waals surface area contributed by atoms with E-state index >= 15 is 0 Å². The summed E-state index contributed by atoms with van der Waals surface area (Å²) in [6, 6.07) is 10.3. The summed E-state index contributed by atoms with van der Waals surface area (Å²) in [5.41, 5.74) is 3.12. The second-order valence-electron chi connectivity index (χ2n) is 8.07. The lowest BCUT2D eigenvalue weighted by atomic mass is 9.96. The quantitative estimate of drug-likeness (QED) is 0.696. The number of likely N-dealkylation sites (tertiary alicyclic amines) is 1. The monoisotopic (exact) mass is 375 g/mol. The first-order valence-corrected chi connectivity index (χ1v) is 10.3. The molecule has 0 spiro atoms. The summed E-state index contributed by atoms with van der Waals surface area (Å²) in [6.07, 6.45) is 9.12. The molecule has 28 heavy (non-hydrogen) atoms. The van der Waals surface area contributed by atoms with Crippen molar-refractivity contribution in [2.24, 2.45) is 5.92 Å². The van der Waals surface area contributed by atoms with Gasteiger partial charge in [-0.05, 0) is 62.8 Å². The van der Waals surface area contributed by atoms with Crippen molar-refractivity contribution in [3.05, 3.63) is 47.9 Å². The largest absolute Gasteiger partial charge is 0.334 e. The van der Waals surface area contributed by atoms with Crippen LogP contribution >= 0.6 is 0 Å². The third kappa shape index (κ3) is 2.87. The van der Waals surface area contributed by atoms with Crippen LogP contribution in [0.2, 0.25) is 0 Å². The molecule has 6 nitrogen and oxygen atoms in total. The molecule has 0 bridgehead atoms. The molecule has 144 valence electrons. The number of nitrogens with zero attached hydrogens (tertiary/aromatic N) is 5. The fraction of sp³-hybridized carbons (Fsp3) is 0.455. The smallest absolute Gasteiger partial charge is 0.276 e. The Bertz CT molecular complexity index is 1020. The van der Waals surface area contributed by atoms with Crippen molar-refractivity contribution in [3.8, 4) is 5.69 Å². The molecule has 1 atom stereocenters. The summed E-state index contributed by atoms with van der Waals surface area (Å²) in [5.74, 6) is 0.704. The Kier molecular flexibility index (Phi) is 4.34. The molecular weight excluding hydrogens is 350 g/mol. The molecule has 0 radical (unpaired) electrons. The Morgan fingerprint density at radius 1 is 1.11 bits per heavy atom. The number of fused-ring (bicyclic) bond motifs is 1. The van der Waals surface area contributed by atoms with Crippen LogP contribution in [0.25, 0.3) is 16.6 Å². The lowest BCUT2D eigenvalue weighted by Crippen LogP contribution is -2.39. The van der Waals surface area contributed by atoms with E-state index in [1.54, 1.807) is 10.9 Å². The lowest BCUT2D eigenvalue weighted by molar-refractivity contribution is 0.0682. The Morgan fingerprint density at radius 2 is 1.96 bits per heavy atom. The highest BCUT2D eigenvalue weighted by Gasteiger charge is 2.37. The number of carbonyl (C=O) groups is 1. The maximum Gasteiger partial charge on any atom is 0.276 e. The normalized spacial score (nSPS) is 20.3. The van der Waals surface area contributed by atoms with Crippen molar-refractivity contribution in [3.63, 3.8) is 0 Å². The van der Waals surface area contributed by atoms with E-state index in [0.717, 1.165) is 41.7 Å². The molecule has 3 aromatic rings. The van der Waals surface area contributed by atoms with Gasteiger partial charge in [0.2, 0.25) is 0 Å². The molecule has 0 N–H and O–H groups in total. The summed E-state index contributed by atoms with van der Waals surface area (Å²) < 4.78 is 1.76. The minimum Gasteiger partial charge on any atom is -0.334 e. The average Bonchev–Trinajstić information content (AvgIpc) is 3.47. The van der Waals surface area contributed by atoms with Gasteiger partial charge in [-0.2, -0.15) is 0 Å². The van der Waals surface area contributed by atoms with Crippen LogP contribution in [-0.4, -0.2) is 43.4 Å². The minimum absolute atomic E-state index is 0.0422. The maximum absolute atomic E-state index is 13.3. The second-order valence-corrected chi connectivity index (χ2v) is 8.07. The number of aromatic nitrogens is 4. The van der Waals surface area contributed by atoms with E-state index in [-0.39, 0.29) is 5.91 Å². The number of carbonyl (C=O) groups excluding carboxylic acids is 1. The van der Waals surface area contributed by atoms with Gasteiger partial charge in [-0.3, -0.25) is 9.78 Å². The van der Waals surface area contributed by atoms with E-state index in [1.807, 2.05) is 37.3 Å². The van der Waals surface area contributed by atoms with Gasteiger partial charge in [0.1, 0.15) is 0 Å². The number of hydrogen-bond acceptors (Lipinski definition) is 4. The highest BCUT2D eigenvalue weighted by Crippen LogP contribution is 2.36. The first-order chi connectivity index (χ1) is 13.7. The molecule has 2 fully saturated rings. The molecule has 1 aromatic carbocycles. The zero-order valence-corrected chi connectivity index (χ0v) is 16.2. The van der Waals surface area contributed by atoms with Gasteiger partial charge in [0.25, 0.3) is 5.91 Å². The summed E-state index contributed by atoms with van der Waals surface area (Å²) >= 11 is 0. The van der Waals surface area contributed by atoms with Crippen molar-refractivity contribution >= 4 is 16.8 Å². The minimum atomic E-state index is 0.0422. The van der Waals surface area contributed by atoms with Crippen LogP contribution in [0.1, 0.15) is 54.7 Å². The molecule has 1 saturated heterocycles. The highest BCUT2D eigenvalue weighted by atomic mass is 16.2. The predicted molar refractivity (Wildman–Crippen MR) is 107 cm³/mol. The third-order valence-electron chi connectivity index (χ3n) is 6.43. The van der Waals surface area contributed by atoms with Crippen LogP contribution in [0, 0.1) is 12.8 Å². The predicted octanol–water partition coefficient (Wildman–Crippen LogP) is 3.92. The van der Waals surface area contributed by atoms with Gasteiger partial charge in [0, 0.05) is 24.2 Å². The van der Waals surface area contributed by atoms with E-state index in [0.29, 0.717) is 17.7 Å². The number of pyridine rings is 1. The first kappa shape index (κ1) is 17.3. The van der Waals surface area contributed by atoms with E-state index in [2.05, 4.69) is 20.2 Å². The lowest BCUT2D eigenvalue weighted by Gasteiger charge is -2.29. The van der Waals surface area contributed by atoms with Crippen LogP contribution in [-0.2, 0) is 0 Å². The third-order valence-corrected chi connectivity index (χ3v) is 6.43. The van der Waals surface area contributed by atoms with Gasteiger partial charge < -0.3 is 4.90 Å². The fourth-order valence-electron chi connectivity index (χ4n) is 4.98. The summed E-state index contributed by atoms with van der Waals surface area (Å²) in [6.45, 7) is 2.77. The van der Waals surface area contributed by atoms with E-state index < -0.39 is 0 Å².